The molecule has 2 atom stereocenters. The number of aryl methyl sites for hydroxylation is 1. The van der Waals surface area contributed by atoms with Crippen molar-refractivity contribution in [3.8, 4) is 28.0 Å². The molecule has 0 fully saturated rings. The molecule has 0 amide bonds. The lowest BCUT2D eigenvalue weighted by atomic mass is 9.75. The van der Waals surface area contributed by atoms with Crippen LogP contribution < -0.4 is 4.74 Å². The summed E-state index contributed by atoms with van der Waals surface area (Å²) in [5, 5.41) is 0. The van der Waals surface area contributed by atoms with Crippen LogP contribution in [0.15, 0.2) is 66.7 Å². The molecule has 1 aliphatic carbocycles. The summed E-state index contributed by atoms with van der Waals surface area (Å²) in [6, 6.07) is 24.2. The summed E-state index contributed by atoms with van der Waals surface area (Å²) in [7, 11) is 7.82. The molecule has 2 unspecified atom stereocenters. The van der Waals surface area contributed by atoms with Crippen molar-refractivity contribution in [3.05, 3.63) is 77.9 Å². The molecule has 1 aliphatic rings. The van der Waals surface area contributed by atoms with E-state index in [-0.39, 0.29) is 5.60 Å². The van der Waals surface area contributed by atoms with Gasteiger partial charge in [0.1, 0.15) is 11.4 Å². The molecule has 30 heavy (non-hydrogen) atoms. The molecule has 0 bridgehead atoms. The summed E-state index contributed by atoms with van der Waals surface area (Å²) in [5.74, 6) is 0.878. The van der Waals surface area contributed by atoms with E-state index in [4.69, 9.17) is 9.47 Å². The Hall–Kier alpha value is -2.62. The van der Waals surface area contributed by atoms with Crippen molar-refractivity contribution in [1.82, 2.24) is 4.90 Å². The molecule has 156 valence electrons. The van der Waals surface area contributed by atoms with Crippen molar-refractivity contribution < 1.29 is 9.47 Å². The fourth-order valence-corrected chi connectivity index (χ4v) is 4.87. The average Bonchev–Trinajstić information content (AvgIpc) is 2.79. The van der Waals surface area contributed by atoms with Gasteiger partial charge in [-0.2, -0.15) is 0 Å². The number of rotatable bonds is 5. The summed E-state index contributed by atoms with van der Waals surface area (Å²) >= 11 is 0. The quantitative estimate of drug-likeness (QED) is 0.542. The van der Waals surface area contributed by atoms with Crippen LogP contribution in [0, 0.1) is 0 Å². The van der Waals surface area contributed by atoms with Crippen LogP contribution >= 0.6 is 0 Å². The van der Waals surface area contributed by atoms with Gasteiger partial charge in [-0.25, -0.2) is 0 Å². The summed E-state index contributed by atoms with van der Waals surface area (Å²) in [6.07, 6.45) is 2.18. The van der Waals surface area contributed by atoms with Gasteiger partial charge >= 0.3 is 0 Å². The lowest BCUT2D eigenvalue weighted by Gasteiger charge is -2.45. The average molecular weight is 402 g/mol. The van der Waals surface area contributed by atoms with Crippen LogP contribution in [-0.4, -0.2) is 39.3 Å². The highest BCUT2D eigenvalue weighted by Gasteiger charge is 2.41. The maximum absolute atomic E-state index is 6.06. The molecular weight excluding hydrogens is 370 g/mol. The van der Waals surface area contributed by atoms with Gasteiger partial charge in [-0.15, -0.1) is 0 Å². The van der Waals surface area contributed by atoms with E-state index in [1.807, 2.05) is 19.2 Å². The molecule has 4 rings (SSSR count). The number of benzene rings is 3. The monoisotopic (exact) mass is 401 g/mol. The van der Waals surface area contributed by atoms with E-state index in [0.29, 0.717) is 6.04 Å². The second-order valence-corrected chi connectivity index (χ2v) is 8.51. The first kappa shape index (κ1) is 20.6. The van der Waals surface area contributed by atoms with E-state index in [1.54, 1.807) is 7.11 Å². The van der Waals surface area contributed by atoms with Gasteiger partial charge in [0, 0.05) is 13.2 Å². The van der Waals surface area contributed by atoms with Crippen LogP contribution in [0.3, 0.4) is 0 Å². The molecular formula is C27H31NO2. The summed E-state index contributed by atoms with van der Waals surface area (Å²) in [6.45, 7) is 2.22. The number of nitrogens with zero attached hydrogens (tertiary/aromatic N) is 1. The first-order valence-corrected chi connectivity index (χ1v) is 10.6. The lowest BCUT2D eigenvalue weighted by Crippen LogP contribution is -2.50. The molecule has 0 N–H and O–H groups in total. The van der Waals surface area contributed by atoms with Crippen molar-refractivity contribution in [2.75, 3.05) is 28.3 Å². The third kappa shape index (κ3) is 3.64. The third-order valence-electron chi connectivity index (χ3n) is 6.63. The van der Waals surface area contributed by atoms with Gasteiger partial charge in [-0.1, -0.05) is 54.6 Å². The molecule has 0 aliphatic heterocycles. The molecule has 3 aromatic carbocycles. The minimum Gasteiger partial charge on any atom is -0.497 e. The predicted octanol–water partition coefficient (Wildman–Crippen LogP) is 5.77. The maximum Gasteiger partial charge on any atom is 0.119 e. The van der Waals surface area contributed by atoms with Crippen molar-refractivity contribution in [2.24, 2.45) is 0 Å². The van der Waals surface area contributed by atoms with Crippen LogP contribution in [0.1, 0.15) is 24.5 Å². The first-order valence-electron chi connectivity index (χ1n) is 10.6. The van der Waals surface area contributed by atoms with Gasteiger partial charge in [0.25, 0.3) is 0 Å². The molecule has 3 nitrogen and oxygen atoms in total. The number of ether oxygens (including phenoxy) is 2. The second-order valence-electron chi connectivity index (χ2n) is 8.51. The lowest BCUT2D eigenvalue weighted by molar-refractivity contribution is -0.0686. The molecule has 0 saturated carbocycles. The Morgan fingerprint density at radius 1 is 0.833 bits per heavy atom. The number of fused-ring (bicyclic) bond motifs is 1. The van der Waals surface area contributed by atoms with E-state index in [0.717, 1.165) is 24.2 Å². The number of likely N-dealkylation sites (N-methyl/N-ethyl adjacent to an activating group) is 1. The topological polar surface area (TPSA) is 21.7 Å². The van der Waals surface area contributed by atoms with Crippen LogP contribution in [0.4, 0.5) is 0 Å². The van der Waals surface area contributed by atoms with Crippen molar-refractivity contribution in [3.63, 3.8) is 0 Å². The fourth-order valence-electron chi connectivity index (χ4n) is 4.87. The van der Waals surface area contributed by atoms with Crippen LogP contribution in [0.2, 0.25) is 0 Å². The van der Waals surface area contributed by atoms with E-state index in [2.05, 4.69) is 80.5 Å². The molecule has 0 aromatic heterocycles. The Kier molecular flexibility index (Phi) is 5.68. The van der Waals surface area contributed by atoms with E-state index >= 15 is 0 Å². The zero-order chi connectivity index (χ0) is 21.3. The van der Waals surface area contributed by atoms with Crippen molar-refractivity contribution in [1.29, 1.82) is 0 Å². The van der Waals surface area contributed by atoms with E-state index < -0.39 is 0 Å². The number of hydrogen-bond acceptors (Lipinski definition) is 3. The first-order chi connectivity index (χ1) is 14.5. The molecule has 3 aromatic rings. The Labute approximate surface area is 180 Å². The smallest absolute Gasteiger partial charge is 0.119 e. The highest BCUT2D eigenvalue weighted by molar-refractivity contribution is 5.72. The zero-order valence-electron chi connectivity index (χ0n) is 18.6. The normalized spacial score (nSPS) is 20.8. The van der Waals surface area contributed by atoms with Crippen LogP contribution in [-0.2, 0) is 16.8 Å². The Morgan fingerprint density at radius 2 is 1.47 bits per heavy atom. The largest absolute Gasteiger partial charge is 0.497 e. The Morgan fingerprint density at radius 3 is 2.07 bits per heavy atom. The van der Waals surface area contributed by atoms with E-state index in [1.165, 1.54) is 27.8 Å². The molecule has 0 saturated heterocycles. The number of hydrogen-bond donors (Lipinski definition) is 0. The van der Waals surface area contributed by atoms with Crippen LogP contribution in [0.25, 0.3) is 22.3 Å². The molecule has 0 radical (unpaired) electrons. The van der Waals surface area contributed by atoms with Gasteiger partial charge < -0.3 is 14.4 Å². The van der Waals surface area contributed by atoms with Gasteiger partial charge in [0.15, 0.2) is 0 Å². The predicted molar refractivity (Wildman–Crippen MR) is 124 cm³/mol. The SMILES string of the molecule is COc1cccc(-c2ccc(-c3ccc4c(c3)CCC(N(C)C)C4(C)OC)cc2)c1. The standard InChI is InChI=1S/C27H31NO2/c1-27(30-5)25-15-13-22(17-23(25)14-16-26(27)28(2)3)20-11-9-19(10-12-20)21-7-6-8-24(18-21)29-4/h6-13,15,17-18,26H,14,16H2,1-5H3. The zero-order valence-corrected chi connectivity index (χ0v) is 18.6. The van der Waals surface area contributed by atoms with Gasteiger partial charge in [0.2, 0.25) is 0 Å². The van der Waals surface area contributed by atoms with Crippen LogP contribution in [0.5, 0.6) is 5.75 Å². The molecule has 0 spiro atoms. The van der Waals surface area contributed by atoms with E-state index in [9.17, 15) is 0 Å². The Balaban J connectivity index is 1.65. The minimum atomic E-state index is -0.286. The minimum absolute atomic E-state index is 0.286. The Bertz CT molecular complexity index is 1030. The fraction of sp³-hybridized carbons (Fsp3) is 0.333. The molecule has 0 heterocycles. The van der Waals surface area contributed by atoms with Gasteiger partial charge in [0.05, 0.1) is 7.11 Å². The summed E-state index contributed by atoms with van der Waals surface area (Å²) in [5.41, 5.74) is 7.27. The van der Waals surface area contributed by atoms with Gasteiger partial charge in [-0.05, 0) is 79.4 Å². The third-order valence-corrected chi connectivity index (χ3v) is 6.63. The summed E-state index contributed by atoms with van der Waals surface area (Å²) < 4.78 is 11.4. The molecule has 3 heteroatoms. The van der Waals surface area contributed by atoms with Gasteiger partial charge in [-0.3, -0.25) is 0 Å². The number of methoxy groups -OCH3 is 2. The van der Waals surface area contributed by atoms with Crippen molar-refractivity contribution >= 4 is 0 Å². The maximum atomic E-state index is 6.06. The second kappa shape index (κ2) is 8.25. The highest BCUT2D eigenvalue weighted by Crippen LogP contribution is 2.41. The van der Waals surface area contributed by atoms with Crippen molar-refractivity contribution in [2.45, 2.75) is 31.4 Å². The summed E-state index contributed by atoms with van der Waals surface area (Å²) in [4.78, 5) is 2.29. The highest BCUT2D eigenvalue weighted by atomic mass is 16.5.